The minimum atomic E-state index is -0.865. The summed E-state index contributed by atoms with van der Waals surface area (Å²) in [6, 6.07) is 2.56. The summed E-state index contributed by atoms with van der Waals surface area (Å²) in [7, 11) is 0. The highest BCUT2D eigenvalue weighted by molar-refractivity contribution is 5.96. The molecule has 8 nitrogen and oxygen atoms in total. The quantitative estimate of drug-likeness (QED) is 0.447. The van der Waals surface area contributed by atoms with Crippen LogP contribution in [0.15, 0.2) is 30.7 Å². The van der Waals surface area contributed by atoms with Crippen LogP contribution in [0.2, 0.25) is 0 Å². The first-order chi connectivity index (χ1) is 15.5. The molecular weight excluding hydrogens is 418 g/mol. The Bertz CT molecular complexity index is 1360. The van der Waals surface area contributed by atoms with Crippen molar-refractivity contribution in [2.75, 3.05) is 5.32 Å². The molecule has 164 valence electrons. The van der Waals surface area contributed by atoms with Gasteiger partial charge in [0.15, 0.2) is 5.82 Å². The van der Waals surface area contributed by atoms with Crippen LogP contribution in [-0.4, -0.2) is 41.7 Å². The van der Waals surface area contributed by atoms with Gasteiger partial charge in [-0.15, -0.1) is 0 Å². The zero-order chi connectivity index (χ0) is 22.0. The fraction of sp³-hybridized carbons (Fsp3) is 0.364. The number of aromatic amines is 1. The molecule has 2 bridgehead atoms. The molecule has 10 heteroatoms. The third-order valence-corrected chi connectivity index (χ3v) is 7.05. The summed E-state index contributed by atoms with van der Waals surface area (Å²) in [6.07, 6.45) is 7.82. The van der Waals surface area contributed by atoms with E-state index >= 15 is 4.39 Å². The second-order valence-corrected chi connectivity index (χ2v) is 8.69. The predicted octanol–water partition coefficient (Wildman–Crippen LogP) is 3.85. The van der Waals surface area contributed by atoms with E-state index in [0.29, 0.717) is 27.8 Å². The molecule has 4 aromatic heterocycles. The Morgan fingerprint density at radius 3 is 2.78 bits per heavy atom. The van der Waals surface area contributed by atoms with Crippen LogP contribution in [0.4, 0.5) is 14.6 Å². The van der Waals surface area contributed by atoms with E-state index in [2.05, 4.69) is 25.4 Å². The Hall–Kier alpha value is -3.56. The number of carboxylic acid groups (broad SMARTS) is 1. The predicted molar refractivity (Wildman–Crippen MR) is 112 cm³/mol. The molecule has 2 atom stereocenters. The van der Waals surface area contributed by atoms with Gasteiger partial charge in [-0.1, -0.05) is 0 Å². The number of aliphatic carboxylic acids is 1. The zero-order valence-electron chi connectivity index (χ0n) is 16.9. The van der Waals surface area contributed by atoms with Crippen molar-refractivity contribution in [1.29, 1.82) is 0 Å². The van der Waals surface area contributed by atoms with Crippen molar-refractivity contribution in [3.63, 3.8) is 0 Å². The van der Waals surface area contributed by atoms with Gasteiger partial charge in [-0.3, -0.25) is 4.79 Å². The molecule has 1 unspecified atom stereocenters. The van der Waals surface area contributed by atoms with Crippen molar-refractivity contribution in [2.45, 2.75) is 31.7 Å². The first-order valence-corrected chi connectivity index (χ1v) is 10.7. The van der Waals surface area contributed by atoms with Gasteiger partial charge < -0.3 is 15.4 Å². The summed E-state index contributed by atoms with van der Waals surface area (Å²) in [6.45, 7) is 0. The molecule has 0 amide bonds. The smallest absolute Gasteiger partial charge is 0.308 e. The van der Waals surface area contributed by atoms with Gasteiger partial charge >= 0.3 is 5.97 Å². The minimum absolute atomic E-state index is 0.0567. The number of aromatic nitrogens is 5. The number of carboxylic acids is 1. The van der Waals surface area contributed by atoms with Crippen molar-refractivity contribution in [2.24, 2.45) is 17.8 Å². The Morgan fingerprint density at radius 2 is 2.00 bits per heavy atom. The maximum atomic E-state index is 15.4. The SMILES string of the molecule is O=C(O)[C@H]1C2CCC(CC2)C1Nc1nc(-c2c[nH]c3ncc(F)cc23)c2ccnn2c1F. The summed E-state index contributed by atoms with van der Waals surface area (Å²) < 4.78 is 30.4. The number of carbonyl (C=O) groups is 1. The number of fused-ring (bicyclic) bond motifs is 5. The first kappa shape index (κ1) is 19.1. The fourth-order valence-corrected chi connectivity index (χ4v) is 5.59. The molecule has 0 spiro atoms. The van der Waals surface area contributed by atoms with Crippen LogP contribution in [0.3, 0.4) is 0 Å². The lowest BCUT2D eigenvalue weighted by molar-refractivity contribution is -0.148. The van der Waals surface area contributed by atoms with Gasteiger partial charge in [0.2, 0.25) is 0 Å². The average Bonchev–Trinajstić information content (AvgIpc) is 3.44. The van der Waals surface area contributed by atoms with E-state index < -0.39 is 29.7 Å². The van der Waals surface area contributed by atoms with Crippen molar-refractivity contribution in [1.82, 2.24) is 24.6 Å². The number of rotatable bonds is 4. The number of nitrogens with one attached hydrogen (secondary N) is 2. The van der Waals surface area contributed by atoms with E-state index in [4.69, 9.17) is 0 Å². The van der Waals surface area contributed by atoms with E-state index in [9.17, 15) is 14.3 Å². The van der Waals surface area contributed by atoms with Gasteiger partial charge in [0, 0.05) is 23.2 Å². The number of pyridine rings is 1. The Kier molecular flexibility index (Phi) is 4.17. The normalized spacial score (nSPS) is 24.9. The molecule has 0 saturated heterocycles. The summed E-state index contributed by atoms with van der Waals surface area (Å²) in [5, 5.41) is 17.6. The summed E-state index contributed by atoms with van der Waals surface area (Å²) in [4.78, 5) is 23.6. The second kappa shape index (κ2) is 6.98. The molecule has 0 aliphatic heterocycles. The molecule has 3 N–H and O–H groups in total. The van der Waals surface area contributed by atoms with Gasteiger partial charge in [0.25, 0.3) is 5.95 Å². The topological polar surface area (TPSA) is 108 Å². The van der Waals surface area contributed by atoms with Crippen molar-refractivity contribution in [3.05, 3.63) is 42.5 Å². The van der Waals surface area contributed by atoms with Crippen LogP contribution >= 0.6 is 0 Å². The van der Waals surface area contributed by atoms with Crippen LogP contribution in [0.5, 0.6) is 0 Å². The van der Waals surface area contributed by atoms with E-state index in [1.165, 1.54) is 12.3 Å². The lowest BCUT2D eigenvalue weighted by atomic mass is 9.61. The van der Waals surface area contributed by atoms with Crippen LogP contribution in [0.1, 0.15) is 25.7 Å². The maximum Gasteiger partial charge on any atom is 0.308 e. The lowest BCUT2D eigenvalue weighted by Crippen LogP contribution is -2.51. The molecule has 0 radical (unpaired) electrons. The van der Waals surface area contributed by atoms with Gasteiger partial charge in [-0.25, -0.2) is 18.9 Å². The van der Waals surface area contributed by atoms with Gasteiger partial charge in [0.1, 0.15) is 17.2 Å². The molecule has 3 aliphatic carbocycles. The molecule has 3 saturated carbocycles. The summed E-state index contributed by atoms with van der Waals surface area (Å²) >= 11 is 0. The number of H-pyrrole nitrogens is 1. The zero-order valence-corrected chi connectivity index (χ0v) is 16.9. The standard InChI is InChI=1S/C22H20F2N6O2/c23-12-7-13-14(9-26-20(13)25-8-12)18-15-5-6-27-30(15)19(24)21(29-18)28-17-11-3-1-10(2-4-11)16(17)22(31)32/h5-11,16-17,28H,1-4H2,(H,25,26)(H,31,32)/t10?,11?,16-,17?/m0/s1. The van der Waals surface area contributed by atoms with E-state index in [1.54, 1.807) is 12.3 Å². The number of hydrogen-bond donors (Lipinski definition) is 3. The molecule has 3 aliphatic rings. The third-order valence-electron chi connectivity index (χ3n) is 7.05. The average molecular weight is 438 g/mol. The molecular formula is C22H20F2N6O2. The van der Waals surface area contributed by atoms with E-state index in [1.807, 2.05) is 0 Å². The molecule has 3 fully saturated rings. The molecule has 4 heterocycles. The summed E-state index contributed by atoms with van der Waals surface area (Å²) in [5.74, 6) is -2.48. The Balaban J connectivity index is 1.49. The van der Waals surface area contributed by atoms with Crippen LogP contribution < -0.4 is 5.32 Å². The lowest BCUT2D eigenvalue weighted by Gasteiger charge is -2.47. The van der Waals surface area contributed by atoms with Crippen LogP contribution in [0.25, 0.3) is 27.8 Å². The highest BCUT2D eigenvalue weighted by Gasteiger charge is 2.47. The molecule has 4 aromatic rings. The third kappa shape index (κ3) is 2.78. The Morgan fingerprint density at radius 1 is 1.22 bits per heavy atom. The largest absolute Gasteiger partial charge is 0.481 e. The van der Waals surface area contributed by atoms with Gasteiger partial charge in [-0.05, 0) is 49.7 Å². The molecule has 0 aromatic carbocycles. The number of anilines is 1. The molecule has 32 heavy (non-hydrogen) atoms. The number of nitrogens with zero attached hydrogens (tertiary/aromatic N) is 4. The highest BCUT2D eigenvalue weighted by atomic mass is 19.1. The van der Waals surface area contributed by atoms with Crippen molar-refractivity contribution >= 4 is 28.3 Å². The first-order valence-electron chi connectivity index (χ1n) is 10.7. The molecule has 7 rings (SSSR count). The second-order valence-electron chi connectivity index (χ2n) is 8.69. The number of halogens is 2. The van der Waals surface area contributed by atoms with E-state index in [-0.39, 0.29) is 17.7 Å². The fourth-order valence-electron chi connectivity index (χ4n) is 5.59. The van der Waals surface area contributed by atoms with E-state index in [0.717, 1.165) is 36.4 Å². The highest BCUT2D eigenvalue weighted by Crippen LogP contribution is 2.46. The van der Waals surface area contributed by atoms with Crippen molar-refractivity contribution < 1.29 is 18.7 Å². The summed E-state index contributed by atoms with van der Waals surface area (Å²) in [5.41, 5.74) is 1.85. The van der Waals surface area contributed by atoms with Crippen LogP contribution in [0, 0.1) is 29.5 Å². The number of hydrogen-bond acceptors (Lipinski definition) is 5. The van der Waals surface area contributed by atoms with Crippen molar-refractivity contribution in [3.8, 4) is 11.3 Å². The monoisotopic (exact) mass is 438 g/mol. The Labute approximate surface area is 180 Å². The van der Waals surface area contributed by atoms with Crippen LogP contribution in [-0.2, 0) is 4.79 Å². The van der Waals surface area contributed by atoms with Gasteiger partial charge in [-0.2, -0.15) is 9.49 Å². The minimum Gasteiger partial charge on any atom is -0.481 e. The van der Waals surface area contributed by atoms with Gasteiger partial charge in [0.05, 0.1) is 23.8 Å². The maximum absolute atomic E-state index is 15.4.